The first-order valence-electron chi connectivity index (χ1n) is 3.97. The number of benzene rings is 1. The molecule has 13 heavy (non-hydrogen) atoms. The number of aromatic nitrogens is 2. The molecule has 0 amide bonds. The Labute approximate surface area is 74.6 Å². The van der Waals surface area contributed by atoms with Crippen LogP contribution in [0.15, 0.2) is 29.3 Å². The first-order chi connectivity index (χ1) is 6.33. The topological polar surface area (TPSA) is 57.8 Å². The fraction of sp³-hybridized carbons (Fsp3) is 0.111. The molecule has 0 aliphatic carbocycles. The second-order valence-electron chi connectivity index (χ2n) is 2.68. The third-order valence-electron chi connectivity index (χ3n) is 1.94. The fourth-order valence-corrected chi connectivity index (χ4v) is 1.30. The summed E-state index contributed by atoms with van der Waals surface area (Å²) in [5.41, 5.74) is 1.46. The highest BCUT2D eigenvalue weighted by Gasteiger charge is 2.01. The number of nitrogens with one attached hydrogen (secondary N) is 2. The number of hydrogen-bond donors (Lipinski definition) is 2. The number of nitrogens with zero attached hydrogens (tertiary/aromatic N) is 1. The number of anilines is 1. The van der Waals surface area contributed by atoms with Crippen LogP contribution in [0.5, 0.6) is 0 Å². The van der Waals surface area contributed by atoms with Crippen molar-refractivity contribution >= 4 is 16.6 Å². The quantitative estimate of drug-likeness (QED) is 0.678. The van der Waals surface area contributed by atoms with Gasteiger partial charge in [0.25, 0.3) is 5.56 Å². The largest absolute Gasteiger partial charge is 0.386 e. The molecule has 0 radical (unpaired) electrons. The zero-order valence-corrected chi connectivity index (χ0v) is 7.16. The average molecular weight is 175 g/mol. The molecule has 1 aromatic carbocycles. The van der Waals surface area contributed by atoms with Crippen molar-refractivity contribution < 1.29 is 0 Å². The molecule has 0 saturated carbocycles. The molecule has 0 atom stereocenters. The first kappa shape index (κ1) is 7.79. The summed E-state index contributed by atoms with van der Waals surface area (Å²) in [6.07, 6.45) is 1.41. The van der Waals surface area contributed by atoms with Gasteiger partial charge in [0.05, 0.1) is 17.4 Å². The van der Waals surface area contributed by atoms with Crippen molar-refractivity contribution in [1.29, 1.82) is 0 Å². The van der Waals surface area contributed by atoms with Crippen molar-refractivity contribution in [2.75, 3.05) is 12.4 Å². The molecule has 66 valence electrons. The molecule has 1 aromatic heterocycles. The minimum absolute atomic E-state index is 0.109. The zero-order chi connectivity index (χ0) is 9.26. The van der Waals surface area contributed by atoms with Gasteiger partial charge in [-0.15, -0.1) is 0 Å². The number of hydrogen-bond acceptors (Lipinski definition) is 3. The minimum Gasteiger partial charge on any atom is -0.386 e. The van der Waals surface area contributed by atoms with E-state index in [1.165, 1.54) is 6.33 Å². The summed E-state index contributed by atoms with van der Waals surface area (Å²) in [4.78, 5) is 17.9. The van der Waals surface area contributed by atoms with Crippen molar-refractivity contribution in [2.24, 2.45) is 0 Å². The second kappa shape index (κ2) is 2.90. The second-order valence-corrected chi connectivity index (χ2v) is 2.68. The van der Waals surface area contributed by atoms with Gasteiger partial charge in [0.15, 0.2) is 0 Å². The van der Waals surface area contributed by atoms with Gasteiger partial charge in [0, 0.05) is 7.05 Å². The lowest BCUT2D eigenvalue weighted by Crippen LogP contribution is -2.07. The Bertz CT molecular complexity index is 489. The molecule has 1 heterocycles. The normalized spacial score (nSPS) is 10.2. The van der Waals surface area contributed by atoms with Crippen molar-refractivity contribution in [3.8, 4) is 0 Å². The van der Waals surface area contributed by atoms with Crippen LogP contribution in [0.25, 0.3) is 10.9 Å². The van der Waals surface area contributed by atoms with E-state index in [2.05, 4.69) is 15.3 Å². The minimum atomic E-state index is -0.109. The molecule has 2 rings (SSSR count). The van der Waals surface area contributed by atoms with Crippen molar-refractivity contribution in [1.82, 2.24) is 9.97 Å². The molecule has 0 aliphatic heterocycles. The van der Waals surface area contributed by atoms with Crippen LogP contribution in [-0.4, -0.2) is 17.0 Å². The first-order valence-corrected chi connectivity index (χ1v) is 3.97. The number of aromatic amines is 1. The summed E-state index contributed by atoms with van der Waals surface area (Å²) >= 11 is 0. The van der Waals surface area contributed by atoms with Crippen LogP contribution in [0.4, 0.5) is 5.69 Å². The maximum absolute atomic E-state index is 11.3. The molecule has 0 aliphatic rings. The van der Waals surface area contributed by atoms with E-state index in [0.29, 0.717) is 10.9 Å². The summed E-state index contributed by atoms with van der Waals surface area (Å²) < 4.78 is 0. The van der Waals surface area contributed by atoms with Gasteiger partial charge in [-0.2, -0.15) is 0 Å². The van der Waals surface area contributed by atoms with Crippen LogP contribution in [-0.2, 0) is 0 Å². The summed E-state index contributed by atoms with van der Waals surface area (Å²) in [5, 5.41) is 3.59. The highest BCUT2D eigenvalue weighted by atomic mass is 16.1. The van der Waals surface area contributed by atoms with Crippen molar-refractivity contribution in [3.05, 3.63) is 34.9 Å². The van der Waals surface area contributed by atoms with E-state index in [1.54, 1.807) is 13.1 Å². The SMILES string of the molecule is CNc1cccc2c(=O)[nH]cnc12. The van der Waals surface area contributed by atoms with Crippen LogP contribution in [0.1, 0.15) is 0 Å². The summed E-state index contributed by atoms with van der Waals surface area (Å²) in [6.45, 7) is 0. The van der Waals surface area contributed by atoms with E-state index in [4.69, 9.17) is 0 Å². The van der Waals surface area contributed by atoms with Gasteiger partial charge in [-0.3, -0.25) is 4.79 Å². The Morgan fingerprint density at radius 1 is 1.46 bits per heavy atom. The van der Waals surface area contributed by atoms with Crippen LogP contribution >= 0.6 is 0 Å². The van der Waals surface area contributed by atoms with Crippen LogP contribution < -0.4 is 10.9 Å². The molecule has 2 aromatic rings. The highest BCUT2D eigenvalue weighted by molar-refractivity contribution is 5.89. The molecule has 0 spiro atoms. The van der Waals surface area contributed by atoms with Gasteiger partial charge in [0.1, 0.15) is 5.52 Å². The fourth-order valence-electron chi connectivity index (χ4n) is 1.30. The van der Waals surface area contributed by atoms with E-state index in [0.717, 1.165) is 5.69 Å². The van der Waals surface area contributed by atoms with Gasteiger partial charge in [0.2, 0.25) is 0 Å². The standard InChI is InChI=1S/C9H9N3O/c1-10-7-4-2-3-6-8(7)11-5-12-9(6)13/h2-5,10H,1H3,(H,11,12,13). The summed E-state index contributed by atoms with van der Waals surface area (Å²) in [5.74, 6) is 0. The summed E-state index contributed by atoms with van der Waals surface area (Å²) in [6, 6.07) is 5.46. The van der Waals surface area contributed by atoms with Crippen LogP contribution in [0.3, 0.4) is 0 Å². The monoisotopic (exact) mass is 175 g/mol. The smallest absolute Gasteiger partial charge is 0.258 e. The Kier molecular flexibility index (Phi) is 1.73. The molecule has 4 heteroatoms. The number of H-pyrrole nitrogens is 1. The lowest BCUT2D eigenvalue weighted by molar-refractivity contribution is 1.17. The van der Waals surface area contributed by atoms with E-state index < -0.39 is 0 Å². The molecule has 0 unspecified atom stereocenters. The maximum Gasteiger partial charge on any atom is 0.258 e. The highest BCUT2D eigenvalue weighted by Crippen LogP contribution is 2.16. The molecule has 0 bridgehead atoms. The lowest BCUT2D eigenvalue weighted by Gasteiger charge is -2.02. The van der Waals surface area contributed by atoms with Crippen LogP contribution in [0.2, 0.25) is 0 Å². The van der Waals surface area contributed by atoms with Crippen molar-refractivity contribution in [2.45, 2.75) is 0 Å². The molecule has 2 N–H and O–H groups in total. The Morgan fingerprint density at radius 3 is 3.08 bits per heavy atom. The van der Waals surface area contributed by atoms with E-state index in [-0.39, 0.29) is 5.56 Å². The molecular formula is C9H9N3O. The Balaban J connectivity index is 2.92. The molecule has 4 nitrogen and oxygen atoms in total. The third kappa shape index (κ3) is 1.16. The van der Waals surface area contributed by atoms with Gasteiger partial charge < -0.3 is 10.3 Å². The van der Waals surface area contributed by atoms with Gasteiger partial charge in [-0.25, -0.2) is 4.98 Å². The average Bonchev–Trinajstić information content (AvgIpc) is 2.18. The molecule has 0 fully saturated rings. The van der Waals surface area contributed by atoms with E-state index in [1.807, 2.05) is 12.1 Å². The number of para-hydroxylation sites is 1. The predicted octanol–water partition coefficient (Wildman–Crippen LogP) is 0.965. The molecular weight excluding hydrogens is 166 g/mol. The Hall–Kier alpha value is -1.84. The predicted molar refractivity (Wildman–Crippen MR) is 51.9 cm³/mol. The lowest BCUT2D eigenvalue weighted by atomic mass is 10.2. The van der Waals surface area contributed by atoms with E-state index in [9.17, 15) is 4.79 Å². The van der Waals surface area contributed by atoms with Gasteiger partial charge in [-0.1, -0.05) is 6.07 Å². The maximum atomic E-state index is 11.3. The Morgan fingerprint density at radius 2 is 2.31 bits per heavy atom. The van der Waals surface area contributed by atoms with Crippen LogP contribution in [0, 0.1) is 0 Å². The third-order valence-corrected chi connectivity index (χ3v) is 1.94. The zero-order valence-electron chi connectivity index (χ0n) is 7.16. The van der Waals surface area contributed by atoms with E-state index >= 15 is 0 Å². The van der Waals surface area contributed by atoms with Gasteiger partial charge in [-0.05, 0) is 12.1 Å². The summed E-state index contributed by atoms with van der Waals surface area (Å²) in [7, 11) is 1.80. The number of rotatable bonds is 1. The van der Waals surface area contributed by atoms with Crippen molar-refractivity contribution in [3.63, 3.8) is 0 Å². The molecule has 0 saturated heterocycles. The van der Waals surface area contributed by atoms with Gasteiger partial charge >= 0.3 is 0 Å². The number of fused-ring (bicyclic) bond motifs is 1.